The lowest BCUT2D eigenvalue weighted by Crippen LogP contribution is -2.47. The fourth-order valence-electron chi connectivity index (χ4n) is 1.62. The van der Waals surface area contributed by atoms with Gasteiger partial charge in [-0.2, -0.15) is 0 Å². The third kappa shape index (κ3) is 4.44. The molecule has 96 valence electrons. The van der Waals surface area contributed by atoms with Crippen molar-refractivity contribution in [2.75, 3.05) is 39.9 Å². The summed E-state index contributed by atoms with van der Waals surface area (Å²) in [5.41, 5.74) is 0. The normalized spacial score (nSPS) is 14.8. The Bertz CT molecular complexity index is 304. The molecule has 0 fully saturated rings. The number of rotatable bonds is 5. The Hall–Kier alpha value is -1.56. The van der Waals surface area contributed by atoms with E-state index in [4.69, 9.17) is 9.84 Å². The summed E-state index contributed by atoms with van der Waals surface area (Å²) in [6, 6.07) is -0.242. The maximum atomic E-state index is 12.0. The van der Waals surface area contributed by atoms with E-state index in [1.807, 2.05) is 12.2 Å². The molecule has 1 rings (SSSR count). The minimum Gasteiger partial charge on any atom is -0.480 e. The third-order valence-corrected chi connectivity index (χ3v) is 2.49. The summed E-state index contributed by atoms with van der Waals surface area (Å²) >= 11 is 0. The minimum absolute atomic E-state index is 0.242. The van der Waals surface area contributed by atoms with Crippen LogP contribution in [-0.4, -0.2) is 66.8 Å². The molecule has 0 aromatic carbocycles. The van der Waals surface area contributed by atoms with Crippen molar-refractivity contribution in [2.45, 2.75) is 6.42 Å². The zero-order chi connectivity index (χ0) is 12.7. The van der Waals surface area contributed by atoms with E-state index in [1.165, 1.54) is 12.0 Å². The Labute approximate surface area is 100 Å². The second-order valence-corrected chi connectivity index (χ2v) is 3.80. The molecular formula is C11H18N2O4. The average Bonchev–Trinajstić information content (AvgIpc) is 2.34. The highest BCUT2D eigenvalue weighted by Crippen LogP contribution is 2.05. The van der Waals surface area contributed by atoms with Gasteiger partial charge in [-0.05, 0) is 6.42 Å². The Morgan fingerprint density at radius 3 is 2.76 bits per heavy atom. The summed E-state index contributed by atoms with van der Waals surface area (Å²) in [6.45, 7) is 1.52. The van der Waals surface area contributed by atoms with Gasteiger partial charge in [-0.3, -0.25) is 4.79 Å². The monoisotopic (exact) mass is 242 g/mol. The number of amides is 2. The first kappa shape index (κ1) is 13.5. The molecule has 0 aromatic heterocycles. The smallest absolute Gasteiger partial charge is 0.323 e. The van der Waals surface area contributed by atoms with Gasteiger partial charge < -0.3 is 19.6 Å². The van der Waals surface area contributed by atoms with Crippen molar-refractivity contribution in [2.24, 2.45) is 0 Å². The molecule has 0 saturated heterocycles. The third-order valence-electron chi connectivity index (χ3n) is 2.49. The van der Waals surface area contributed by atoms with Crippen molar-refractivity contribution in [1.82, 2.24) is 9.80 Å². The number of carboxylic acid groups (broad SMARTS) is 1. The number of urea groups is 1. The lowest BCUT2D eigenvalue weighted by atomic mass is 10.2. The molecule has 0 aliphatic carbocycles. The average molecular weight is 242 g/mol. The summed E-state index contributed by atoms with van der Waals surface area (Å²) in [5, 5.41) is 8.76. The molecule has 17 heavy (non-hydrogen) atoms. The first-order valence-corrected chi connectivity index (χ1v) is 5.54. The highest BCUT2D eigenvalue weighted by atomic mass is 16.5. The van der Waals surface area contributed by atoms with E-state index >= 15 is 0 Å². The number of aliphatic carboxylic acids is 1. The molecule has 1 aliphatic rings. The van der Waals surface area contributed by atoms with E-state index in [-0.39, 0.29) is 12.6 Å². The molecule has 1 N–H and O–H groups in total. The van der Waals surface area contributed by atoms with Crippen LogP contribution in [0.4, 0.5) is 4.79 Å². The van der Waals surface area contributed by atoms with Gasteiger partial charge in [0.1, 0.15) is 6.54 Å². The van der Waals surface area contributed by atoms with Crippen LogP contribution in [0.15, 0.2) is 12.2 Å². The van der Waals surface area contributed by atoms with Gasteiger partial charge in [-0.1, -0.05) is 12.2 Å². The molecule has 0 spiro atoms. The van der Waals surface area contributed by atoms with E-state index in [2.05, 4.69) is 0 Å². The van der Waals surface area contributed by atoms with Crippen LogP contribution in [0.5, 0.6) is 0 Å². The standard InChI is InChI=1S/C11H18N2O4/c1-17-8-7-13(9-10(14)15)11(16)12-5-3-2-4-6-12/h2-3H,4-9H2,1H3,(H,14,15). The summed E-state index contributed by atoms with van der Waals surface area (Å²) in [5.74, 6) is -1.01. The molecule has 0 atom stereocenters. The largest absolute Gasteiger partial charge is 0.480 e. The number of carbonyl (C=O) groups is 2. The van der Waals surface area contributed by atoms with Crippen LogP contribution >= 0.6 is 0 Å². The number of ether oxygens (including phenoxy) is 1. The van der Waals surface area contributed by atoms with Gasteiger partial charge in [-0.15, -0.1) is 0 Å². The lowest BCUT2D eigenvalue weighted by Gasteiger charge is -2.30. The van der Waals surface area contributed by atoms with E-state index < -0.39 is 5.97 Å². The molecule has 6 heteroatoms. The first-order valence-electron chi connectivity index (χ1n) is 5.54. The van der Waals surface area contributed by atoms with Crippen molar-refractivity contribution in [3.8, 4) is 0 Å². The fraction of sp³-hybridized carbons (Fsp3) is 0.636. The Balaban J connectivity index is 2.57. The lowest BCUT2D eigenvalue weighted by molar-refractivity contribution is -0.137. The van der Waals surface area contributed by atoms with Gasteiger partial charge in [0, 0.05) is 26.7 Å². The SMILES string of the molecule is COCCN(CC(=O)O)C(=O)N1CC=CCC1. The number of hydrogen-bond acceptors (Lipinski definition) is 3. The van der Waals surface area contributed by atoms with Crippen molar-refractivity contribution < 1.29 is 19.4 Å². The maximum Gasteiger partial charge on any atom is 0.323 e. The van der Waals surface area contributed by atoms with E-state index in [0.29, 0.717) is 26.2 Å². The zero-order valence-corrected chi connectivity index (χ0v) is 9.96. The van der Waals surface area contributed by atoms with Gasteiger partial charge in [0.2, 0.25) is 0 Å². The molecule has 0 bridgehead atoms. The van der Waals surface area contributed by atoms with Gasteiger partial charge in [0.05, 0.1) is 6.61 Å². The molecule has 0 saturated carbocycles. The van der Waals surface area contributed by atoms with Crippen molar-refractivity contribution >= 4 is 12.0 Å². The van der Waals surface area contributed by atoms with Crippen LogP contribution in [0, 0.1) is 0 Å². The zero-order valence-electron chi connectivity index (χ0n) is 9.96. The number of carboxylic acids is 1. The van der Waals surface area contributed by atoms with Crippen molar-refractivity contribution in [3.05, 3.63) is 12.2 Å². The van der Waals surface area contributed by atoms with Crippen LogP contribution in [0.25, 0.3) is 0 Å². The fourth-order valence-corrected chi connectivity index (χ4v) is 1.62. The van der Waals surface area contributed by atoms with Crippen molar-refractivity contribution in [3.63, 3.8) is 0 Å². The molecule has 6 nitrogen and oxygen atoms in total. The molecule has 1 aliphatic heterocycles. The Morgan fingerprint density at radius 2 is 2.24 bits per heavy atom. The molecule has 2 amide bonds. The maximum absolute atomic E-state index is 12.0. The summed E-state index contributed by atoms with van der Waals surface area (Å²) < 4.78 is 4.87. The van der Waals surface area contributed by atoms with Gasteiger partial charge in [0.15, 0.2) is 0 Å². The molecule has 0 aromatic rings. The minimum atomic E-state index is -1.01. The predicted molar refractivity (Wildman–Crippen MR) is 61.8 cm³/mol. The second kappa shape index (κ2) is 6.90. The summed E-state index contributed by atoms with van der Waals surface area (Å²) in [4.78, 5) is 25.7. The van der Waals surface area contributed by atoms with Crippen LogP contribution in [-0.2, 0) is 9.53 Å². The highest BCUT2D eigenvalue weighted by Gasteiger charge is 2.22. The summed E-state index contributed by atoms with van der Waals surface area (Å²) in [7, 11) is 1.52. The highest BCUT2D eigenvalue weighted by molar-refractivity contribution is 5.80. The molecular weight excluding hydrogens is 224 g/mol. The van der Waals surface area contributed by atoms with Gasteiger partial charge >= 0.3 is 12.0 Å². The summed E-state index contributed by atoms with van der Waals surface area (Å²) in [6.07, 6.45) is 4.74. The van der Waals surface area contributed by atoms with Gasteiger partial charge in [0.25, 0.3) is 0 Å². The Kier molecular flexibility index (Phi) is 5.48. The number of carbonyl (C=O) groups excluding carboxylic acids is 1. The number of hydrogen-bond donors (Lipinski definition) is 1. The van der Waals surface area contributed by atoms with Crippen LogP contribution < -0.4 is 0 Å². The molecule has 0 unspecified atom stereocenters. The van der Waals surface area contributed by atoms with E-state index in [1.54, 1.807) is 4.90 Å². The number of nitrogens with zero attached hydrogens (tertiary/aromatic N) is 2. The van der Waals surface area contributed by atoms with Crippen LogP contribution in [0.2, 0.25) is 0 Å². The topological polar surface area (TPSA) is 70.1 Å². The second-order valence-electron chi connectivity index (χ2n) is 3.80. The van der Waals surface area contributed by atoms with Crippen molar-refractivity contribution in [1.29, 1.82) is 0 Å². The molecule has 1 heterocycles. The van der Waals surface area contributed by atoms with Crippen LogP contribution in [0.3, 0.4) is 0 Å². The van der Waals surface area contributed by atoms with E-state index in [9.17, 15) is 9.59 Å². The number of methoxy groups -OCH3 is 1. The molecule has 0 radical (unpaired) electrons. The first-order chi connectivity index (χ1) is 8.15. The quantitative estimate of drug-likeness (QED) is 0.708. The van der Waals surface area contributed by atoms with Crippen LogP contribution in [0.1, 0.15) is 6.42 Å². The van der Waals surface area contributed by atoms with Gasteiger partial charge in [-0.25, -0.2) is 4.79 Å². The predicted octanol–water partition coefficient (Wildman–Crippen LogP) is 0.401. The van der Waals surface area contributed by atoms with E-state index in [0.717, 1.165) is 6.42 Å². The Morgan fingerprint density at radius 1 is 1.47 bits per heavy atom.